The largest absolute Gasteiger partial charge is 0.594 e. The van der Waals surface area contributed by atoms with E-state index in [1.54, 1.807) is 0 Å². The van der Waals surface area contributed by atoms with Gasteiger partial charge < -0.3 is 5.21 Å². The zero-order valence-electron chi connectivity index (χ0n) is 9.87. The molecule has 0 radical (unpaired) electrons. The first-order chi connectivity index (χ1) is 8.56. The number of hydrogen-bond acceptors (Lipinski definition) is 2. The minimum atomic E-state index is 0.0999. The lowest BCUT2D eigenvalue weighted by atomic mass is 10.2. The highest BCUT2D eigenvalue weighted by Gasteiger charge is 2.16. The Labute approximate surface area is 121 Å². The molecule has 1 rings (SSSR count). The molecule has 0 aliphatic carbocycles. The molecule has 0 aliphatic heterocycles. The van der Waals surface area contributed by atoms with Crippen molar-refractivity contribution in [1.82, 2.24) is 0 Å². The average molecular weight is 308 g/mol. The summed E-state index contributed by atoms with van der Waals surface area (Å²) in [6, 6.07) is 2.90. The van der Waals surface area contributed by atoms with Crippen LogP contribution in [0.25, 0.3) is 0 Å². The number of allylic oxidation sites excluding steroid dienone is 1. The Bertz CT molecular complexity index is 449. The molecule has 0 heterocycles. The second-order valence-electron chi connectivity index (χ2n) is 3.63. The van der Waals surface area contributed by atoms with E-state index in [1.165, 1.54) is 18.3 Å². The van der Waals surface area contributed by atoms with E-state index in [4.69, 9.17) is 34.8 Å². The molecule has 0 aliphatic rings. The van der Waals surface area contributed by atoms with Gasteiger partial charge in [0.15, 0.2) is 0 Å². The quantitative estimate of drug-likeness (QED) is 0.287. The van der Waals surface area contributed by atoms with E-state index >= 15 is 0 Å². The van der Waals surface area contributed by atoms with Crippen LogP contribution in [0.5, 0.6) is 0 Å². The van der Waals surface area contributed by atoms with Crippen molar-refractivity contribution in [1.29, 1.82) is 0 Å². The molecule has 1 aromatic rings. The first kappa shape index (κ1) is 15.3. The van der Waals surface area contributed by atoms with E-state index in [0.717, 1.165) is 19.3 Å². The number of azo groups is 1. The molecule has 18 heavy (non-hydrogen) atoms. The molecule has 0 saturated heterocycles. The van der Waals surface area contributed by atoms with Crippen LogP contribution in [0.2, 0.25) is 15.1 Å². The second-order valence-corrected chi connectivity index (χ2v) is 4.88. The van der Waals surface area contributed by atoms with Gasteiger partial charge in [0.05, 0.1) is 6.20 Å². The number of nitrogens with zero attached hydrogens (tertiary/aromatic N) is 2. The first-order valence-electron chi connectivity index (χ1n) is 5.53. The van der Waals surface area contributed by atoms with Gasteiger partial charge in [-0.1, -0.05) is 60.6 Å². The van der Waals surface area contributed by atoms with Crippen molar-refractivity contribution in [2.45, 2.75) is 26.2 Å². The van der Waals surface area contributed by atoms with E-state index in [9.17, 15) is 5.21 Å². The molecule has 3 nitrogen and oxygen atoms in total. The van der Waals surface area contributed by atoms with E-state index in [0.29, 0.717) is 9.88 Å². The van der Waals surface area contributed by atoms with Crippen molar-refractivity contribution in [3.8, 4) is 0 Å². The van der Waals surface area contributed by atoms with Gasteiger partial charge in [-0.2, -0.15) is 0 Å². The molecule has 0 unspecified atom stereocenters. The maximum atomic E-state index is 11.7. The van der Waals surface area contributed by atoms with Crippen molar-refractivity contribution in [2.24, 2.45) is 5.11 Å². The maximum Gasteiger partial charge on any atom is 0.281 e. The molecule has 0 amide bonds. The smallest absolute Gasteiger partial charge is 0.281 e. The zero-order chi connectivity index (χ0) is 13.5. The Kier molecular flexibility index (Phi) is 6.47. The third kappa shape index (κ3) is 4.48. The number of hydrogen-bond donors (Lipinski definition) is 0. The first-order valence-corrected chi connectivity index (χ1v) is 6.67. The Balaban J connectivity index is 2.87. The lowest BCUT2D eigenvalue weighted by Crippen LogP contribution is -1.92. The minimum absolute atomic E-state index is 0.0999. The highest BCUT2D eigenvalue weighted by Crippen LogP contribution is 2.35. The summed E-state index contributed by atoms with van der Waals surface area (Å²) in [7, 11) is 0. The molecular formula is C12H13Cl3N2O. The molecule has 0 spiro atoms. The fourth-order valence-electron chi connectivity index (χ4n) is 1.28. The predicted octanol–water partition coefficient (Wildman–Crippen LogP) is 5.94. The third-order valence-electron chi connectivity index (χ3n) is 2.17. The molecule has 0 bridgehead atoms. The summed E-state index contributed by atoms with van der Waals surface area (Å²) in [5.74, 6) is 0. The van der Waals surface area contributed by atoms with Gasteiger partial charge in [0.1, 0.15) is 10.0 Å². The van der Waals surface area contributed by atoms with Crippen LogP contribution in [0.15, 0.2) is 29.5 Å². The molecule has 0 aromatic heterocycles. The van der Waals surface area contributed by atoms with Gasteiger partial charge >= 0.3 is 0 Å². The summed E-state index contributed by atoms with van der Waals surface area (Å²) in [6.45, 7) is 2.10. The van der Waals surface area contributed by atoms with Crippen LogP contribution >= 0.6 is 34.8 Å². The second kappa shape index (κ2) is 7.62. The molecule has 0 fully saturated rings. The molecule has 0 N–H and O–H groups in total. The van der Waals surface area contributed by atoms with Crippen LogP contribution in [0.4, 0.5) is 5.69 Å². The average Bonchev–Trinajstić information content (AvgIpc) is 2.27. The fraction of sp³-hybridized carbons (Fsp3) is 0.333. The molecule has 0 atom stereocenters. The topological polar surface area (TPSA) is 38.4 Å². The van der Waals surface area contributed by atoms with Crippen molar-refractivity contribution >= 4 is 40.5 Å². The van der Waals surface area contributed by atoms with Gasteiger partial charge in [0, 0.05) is 10.1 Å². The van der Waals surface area contributed by atoms with Crippen LogP contribution in [-0.4, -0.2) is 4.86 Å². The summed E-state index contributed by atoms with van der Waals surface area (Å²) in [5, 5.41) is 16.1. The third-order valence-corrected chi connectivity index (χ3v) is 2.97. The van der Waals surface area contributed by atoms with Gasteiger partial charge in [0.2, 0.25) is 0 Å². The van der Waals surface area contributed by atoms with E-state index in [-0.39, 0.29) is 15.7 Å². The molecule has 6 heteroatoms. The van der Waals surface area contributed by atoms with Crippen LogP contribution in [-0.2, 0) is 0 Å². The van der Waals surface area contributed by atoms with Crippen LogP contribution in [0.3, 0.4) is 0 Å². The van der Waals surface area contributed by atoms with Crippen molar-refractivity contribution < 1.29 is 4.86 Å². The maximum absolute atomic E-state index is 11.7. The fourth-order valence-corrected chi connectivity index (χ4v) is 2.24. The molecule has 98 valence electrons. The lowest BCUT2D eigenvalue weighted by molar-refractivity contribution is -0.436. The summed E-state index contributed by atoms with van der Waals surface area (Å²) in [4.78, 5) is 0.392. The van der Waals surface area contributed by atoms with Crippen LogP contribution < -0.4 is 0 Å². The summed E-state index contributed by atoms with van der Waals surface area (Å²) < 4.78 is 0. The Morgan fingerprint density at radius 1 is 1.28 bits per heavy atom. The number of benzene rings is 1. The van der Waals surface area contributed by atoms with Gasteiger partial charge in [-0.05, 0) is 23.4 Å². The zero-order valence-corrected chi connectivity index (χ0v) is 12.1. The van der Waals surface area contributed by atoms with E-state index in [1.807, 2.05) is 6.08 Å². The Morgan fingerprint density at radius 3 is 2.44 bits per heavy atom. The van der Waals surface area contributed by atoms with Gasteiger partial charge in [-0.25, -0.2) is 0 Å². The summed E-state index contributed by atoms with van der Waals surface area (Å²) in [6.07, 6.45) is 6.32. The molecular weight excluding hydrogens is 295 g/mol. The standard InChI is InChI=1S/C12H13Cl3N2O/c1-2-3-4-5-6-16-17(18)12-10(14)7-9(13)8-11(12)15/h5-8H,2-4H2,1H3/b6-5-,17-16?. The lowest BCUT2D eigenvalue weighted by Gasteiger charge is -2.03. The highest BCUT2D eigenvalue weighted by molar-refractivity contribution is 6.40. The number of unbranched alkanes of at least 4 members (excludes halogenated alkanes) is 2. The normalized spacial score (nSPS) is 12.3. The SMILES string of the molecule is CCCC/C=C\N=[N+]([O-])c1c(Cl)cc(Cl)cc1Cl. The number of rotatable bonds is 5. The Morgan fingerprint density at radius 2 is 1.89 bits per heavy atom. The van der Waals surface area contributed by atoms with Crippen molar-refractivity contribution in [3.05, 3.63) is 44.7 Å². The van der Waals surface area contributed by atoms with Gasteiger partial charge in [0.25, 0.3) is 5.69 Å². The molecule has 1 aromatic carbocycles. The van der Waals surface area contributed by atoms with Gasteiger partial charge in [-0.3, -0.25) is 0 Å². The van der Waals surface area contributed by atoms with Crippen LogP contribution in [0, 0.1) is 5.21 Å². The highest BCUT2D eigenvalue weighted by atomic mass is 35.5. The van der Waals surface area contributed by atoms with E-state index < -0.39 is 0 Å². The number of halogens is 3. The van der Waals surface area contributed by atoms with Crippen molar-refractivity contribution in [2.75, 3.05) is 0 Å². The van der Waals surface area contributed by atoms with Crippen molar-refractivity contribution in [3.63, 3.8) is 0 Å². The predicted molar refractivity (Wildman–Crippen MR) is 75.9 cm³/mol. The minimum Gasteiger partial charge on any atom is -0.594 e. The van der Waals surface area contributed by atoms with E-state index in [2.05, 4.69) is 12.0 Å². The monoisotopic (exact) mass is 306 g/mol. The summed E-state index contributed by atoms with van der Waals surface area (Å²) in [5.41, 5.74) is 0.0999. The summed E-state index contributed by atoms with van der Waals surface area (Å²) >= 11 is 17.5. The van der Waals surface area contributed by atoms with Gasteiger partial charge in [-0.15, -0.1) is 0 Å². The Hall–Kier alpha value is -0.770. The molecule has 0 saturated carbocycles. The van der Waals surface area contributed by atoms with Crippen LogP contribution in [0.1, 0.15) is 26.2 Å².